The molecular weight excluding hydrogens is 525 g/mol. The molecule has 6 heteroatoms. The van der Waals surface area contributed by atoms with Gasteiger partial charge in [0.05, 0.1) is 30.6 Å². The lowest BCUT2D eigenvalue weighted by Crippen LogP contribution is -2.17. The third-order valence-electron chi connectivity index (χ3n) is 5.31. The van der Waals surface area contributed by atoms with Crippen LogP contribution in [0.25, 0.3) is 11.3 Å². The zero-order valence-electron chi connectivity index (χ0n) is 18.0. The van der Waals surface area contributed by atoms with E-state index in [4.69, 9.17) is 4.98 Å². The van der Waals surface area contributed by atoms with E-state index in [2.05, 4.69) is 45.0 Å². The summed E-state index contributed by atoms with van der Waals surface area (Å²) in [4.78, 5) is 22.1. The summed E-state index contributed by atoms with van der Waals surface area (Å²) in [5.41, 5.74) is 5.39. The van der Waals surface area contributed by atoms with Gasteiger partial charge in [-0.25, -0.2) is 9.97 Å². The molecule has 5 nitrogen and oxygen atoms in total. The van der Waals surface area contributed by atoms with Crippen molar-refractivity contribution in [1.82, 2.24) is 9.97 Å². The topological polar surface area (TPSA) is 75.1 Å². The molecule has 3 aromatic carbocycles. The number of anilines is 1. The van der Waals surface area contributed by atoms with Crippen molar-refractivity contribution in [3.63, 3.8) is 0 Å². The highest BCUT2D eigenvalue weighted by atomic mass is 127. The quantitative estimate of drug-likeness (QED) is 0.296. The van der Waals surface area contributed by atoms with Gasteiger partial charge in [-0.05, 0) is 64.3 Å². The molecule has 0 aliphatic rings. The minimum absolute atomic E-state index is 0.000181. The number of aryl methyl sites for hydroxylation is 2. The van der Waals surface area contributed by atoms with Crippen molar-refractivity contribution in [3.05, 3.63) is 111 Å². The molecule has 166 valence electrons. The Bertz CT molecular complexity index is 1210. The predicted molar refractivity (Wildman–Crippen MR) is 139 cm³/mol. The van der Waals surface area contributed by atoms with Crippen LogP contribution in [0, 0.1) is 3.57 Å². The van der Waals surface area contributed by atoms with E-state index in [0.717, 1.165) is 38.1 Å². The van der Waals surface area contributed by atoms with Crippen molar-refractivity contribution in [1.29, 1.82) is 0 Å². The van der Waals surface area contributed by atoms with E-state index in [9.17, 15) is 9.90 Å². The van der Waals surface area contributed by atoms with Gasteiger partial charge in [0, 0.05) is 9.13 Å². The fourth-order valence-electron chi connectivity index (χ4n) is 3.50. The summed E-state index contributed by atoms with van der Waals surface area (Å²) in [5.74, 6) is 0.378. The molecule has 1 aromatic heterocycles. The van der Waals surface area contributed by atoms with Crippen molar-refractivity contribution in [3.8, 4) is 11.3 Å². The number of nitrogens with zero attached hydrogens (tertiary/aromatic N) is 2. The minimum Gasteiger partial charge on any atom is -0.392 e. The average Bonchev–Trinajstić information content (AvgIpc) is 2.85. The summed E-state index contributed by atoms with van der Waals surface area (Å²) in [5, 5.41) is 12.3. The largest absolute Gasteiger partial charge is 0.392 e. The maximum Gasteiger partial charge on any atom is 0.229 e. The number of nitrogens with one attached hydrogen (secondary N) is 1. The van der Waals surface area contributed by atoms with Crippen LogP contribution < -0.4 is 5.32 Å². The van der Waals surface area contributed by atoms with Gasteiger partial charge in [0.25, 0.3) is 0 Å². The van der Waals surface area contributed by atoms with Crippen molar-refractivity contribution in [2.75, 3.05) is 5.32 Å². The Hall–Kier alpha value is -3.10. The lowest BCUT2D eigenvalue weighted by molar-refractivity contribution is -0.115. The SMILES string of the molecule is O=C(Cc1ccc(I)cc1)Nc1ncc(-c2ccc(CO)cc2)nc1CCc1ccccc1. The Labute approximate surface area is 207 Å². The molecule has 0 unspecified atom stereocenters. The first-order valence-corrected chi connectivity index (χ1v) is 11.8. The summed E-state index contributed by atoms with van der Waals surface area (Å²) in [6, 6.07) is 25.7. The van der Waals surface area contributed by atoms with Crippen LogP contribution in [0.5, 0.6) is 0 Å². The average molecular weight is 549 g/mol. The number of hydrogen-bond acceptors (Lipinski definition) is 4. The van der Waals surface area contributed by atoms with Gasteiger partial charge in [-0.2, -0.15) is 0 Å². The van der Waals surface area contributed by atoms with Gasteiger partial charge in [-0.15, -0.1) is 0 Å². The van der Waals surface area contributed by atoms with Gasteiger partial charge >= 0.3 is 0 Å². The molecule has 33 heavy (non-hydrogen) atoms. The van der Waals surface area contributed by atoms with Crippen molar-refractivity contribution in [2.45, 2.75) is 25.9 Å². The molecular formula is C27H24IN3O2. The molecule has 0 saturated heterocycles. The predicted octanol–water partition coefficient (Wildman–Crippen LogP) is 5.21. The summed E-state index contributed by atoms with van der Waals surface area (Å²) in [6.45, 7) is -0.000181. The Morgan fingerprint density at radius 2 is 1.55 bits per heavy atom. The Morgan fingerprint density at radius 1 is 0.848 bits per heavy atom. The number of benzene rings is 3. The second kappa shape index (κ2) is 11.2. The van der Waals surface area contributed by atoms with Crippen LogP contribution in [0.4, 0.5) is 5.82 Å². The Kier molecular flexibility index (Phi) is 7.80. The standard InChI is InChI=1S/C27H24IN3O2/c28-23-13-8-20(9-14-23)16-26(33)31-27-24(15-10-19-4-2-1-3-5-19)30-25(17-29-27)22-11-6-21(18-32)7-12-22/h1-9,11-14,17,32H,10,15-16,18H2,(H,29,31,33). The van der Waals surface area contributed by atoms with Crippen LogP contribution in [0.3, 0.4) is 0 Å². The van der Waals surface area contributed by atoms with Crippen LogP contribution in [-0.2, 0) is 30.7 Å². The van der Waals surface area contributed by atoms with Crippen LogP contribution in [0.1, 0.15) is 22.4 Å². The smallest absolute Gasteiger partial charge is 0.229 e. The molecule has 0 radical (unpaired) electrons. The number of hydrogen-bond donors (Lipinski definition) is 2. The zero-order valence-corrected chi connectivity index (χ0v) is 20.2. The number of amides is 1. The van der Waals surface area contributed by atoms with Crippen LogP contribution >= 0.6 is 22.6 Å². The van der Waals surface area contributed by atoms with E-state index in [1.54, 1.807) is 6.20 Å². The van der Waals surface area contributed by atoms with Crippen LogP contribution in [0.15, 0.2) is 85.1 Å². The van der Waals surface area contributed by atoms with E-state index in [1.807, 2.05) is 66.7 Å². The first-order valence-electron chi connectivity index (χ1n) is 10.7. The molecule has 0 spiro atoms. The third kappa shape index (κ3) is 6.46. The highest BCUT2D eigenvalue weighted by Crippen LogP contribution is 2.22. The Morgan fingerprint density at radius 3 is 2.24 bits per heavy atom. The van der Waals surface area contributed by atoms with Gasteiger partial charge in [-0.1, -0.05) is 66.7 Å². The first kappa shape index (κ1) is 23.1. The number of aliphatic hydroxyl groups is 1. The maximum atomic E-state index is 12.7. The Balaban J connectivity index is 1.56. The summed E-state index contributed by atoms with van der Waals surface area (Å²) in [6.07, 6.45) is 3.41. The lowest BCUT2D eigenvalue weighted by atomic mass is 10.1. The summed E-state index contributed by atoms with van der Waals surface area (Å²) in [7, 11) is 0. The second-order valence-electron chi connectivity index (χ2n) is 7.74. The van der Waals surface area contributed by atoms with E-state index in [1.165, 1.54) is 5.56 Å². The van der Waals surface area contributed by atoms with Gasteiger partial charge in [0.2, 0.25) is 5.91 Å². The first-order chi connectivity index (χ1) is 16.1. The fourth-order valence-corrected chi connectivity index (χ4v) is 3.86. The summed E-state index contributed by atoms with van der Waals surface area (Å²) < 4.78 is 1.13. The highest BCUT2D eigenvalue weighted by molar-refractivity contribution is 14.1. The molecule has 0 aliphatic carbocycles. The molecule has 1 amide bonds. The van der Waals surface area contributed by atoms with Crippen molar-refractivity contribution >= 4 is 34.3 Å². The van der Waals surface area contributed by atoms with Crippen LogP contribution in [0.2, 0.25) is 0 Å². The zero-order chi connectivity index (χ0) is 23.0. The maximum absolute atomic E-state index is 12.7. The van der Waals surface area contributed by atoms with E-state index in [-0.39, 0.29) is 18.9 Å². The third-order valence-corrected chi connectivity index (χ3v) is 6.03. The highest BCUT2D eigenvalue weighted by Gasteiger charge is 2.13. The molecule has 0 atom stereocenters. The van der Waals surface area contributed by atoms with Crippen LogP contribution in [-0.4, -0.2) is 21.0 Å². The molecule has 0 fully saturated rings. The molecule has 0 saturated carbocycles. The van der Waals surface area contributed by atoms with E-state index < -0.39 is 0 Å². The number of carbonyl (C=O) groups is 1. The van der Waals surface area contributed by atoms with E-state index in [0.29, 0.717) is 12.2 Å². The molecule has 0 aliphatic heterocycles. The number of aliphatic hydroxyl groups excluding tert-OH is 1. The van der Waals surface area contributed by atoms with Gasteiger partial charge in [0.1, 0.15) is 0 Å². The monoisotopic (exact) mass is 549 g/mol. The van der Waals surface area contributed by atoms with Gasteiger partial charge in [0.15, 0.2) is 5.82 Å². The summed E-state index contributed by atoms with van der Waals surface area (Å²) >= 11 is 2.25. The number of carbonyl (C=O) groups excluding carboxylic acids is 1. The molecule has 4 aromatic rings. The van der Waals surface area contributed by atoms with E-state index >= 15 is 0 Å². The normalized spacial score (nSPS) is 10.7. The minimum atomic E-state index is -0.119. The number of halogens is 1. The number of rotatable bonds is 8. The second-order valence-corrected chi connectivity index (χ2v) is 8.99. The molecule has 2 N–H and O–H groups in total. The van der Waals surface area contributed by atoms with Gasteiger partial charge in [-0.3, -0.25) is 4.79 Å². The van der Waals surface area contributed by atoms with Crippen molar-refractivity contribution < 1.29 is 9.90 Å². The van der Waals surface area contributed by atoms with Gasteiger partial charge < -0.3 is 10.4 Å². The van der Waals surface area contributed by atoms with Crippen molar-refractivity contribution in [2.24, 2.45) is 0 Å². The molecule has 1 heterocycles. The number of aromatic nitrogens is 2. The lowest BCUT2D eigenvalue weighted by Gasteiger charge is -2.12. The fraction of sp³-hybridized carbons (Fsp3) is 0.148. The molecule has 0 bridgehead atoms. The molecule has 4 rings (SSSR count).